The lowest BCUT2D eigenvalue weighted by Crippen LogP contribution is -2.28. The Bertz CT molecular complexity index is 3870. The maximum atomic E-state index is 2.56. The summed E-state index contributed by atoms with van der Waals surface area (Å²) in [5.74, 6) is 0. The minimum atomic E-state index is -0.674. The molecule has 1 heterocycles. The summed E-state index contributed by atoms with van der Waals surface area (Å²) in [7, 11) is 0. The summed E-state index contributed by atoms with van der Waals surface area (Å²) < 4.78 is 2.40. The van der Waals surface area contributed by atoms with Gasteiger partial charge in [0.1, 0.15) is 0 Å². The number of rotatable bonds is 7. The summed E-state index contributed by atoms with van der Waals surface area (Å²) in [6.45, 7) is 0. The van der Waals surface area contributed by atoms with Gasteiger partial charge in [-0.05, 0) is 124 Å². The molecule has 0 fully saturated rings. The van der Waals surface area contributed by atoms with Crippen LogP contribution in [0.3, 0.4) is 0 Å². The van der Waals surface area contributed by atoms with Gasteiger partial charge in [-0.3, -0.25) is 0 Å². The van der Waals surface area contributed by atoms with Crippen LogP contribution in [0.5, 0.6) is 0 Å². The minimum absolute atomic E-state index is 0.674. The molecule has 1 aromatic heterocycles. The van der Waals surface area contributed by atoms with Crippen LogP contribution in [-0.4, -0.2) is 4.57 Å². The van der Waals surface area contributed by atoms with E-state index in [4.69, 9.17) is 0 Å². The molecular weight excluding hydrogens is 823 g/mol. The van der Waals surface area contributed by atoms with Gasteiger partial charge < -0.3 is 14.4 Å². The van der Waals surface area contributed by atoms with Crippen molar-refractivity contribution in [3.05, 3.63) is 283 Å². The molecule has 68 heavy (non-hydrogen) atoms. The molecule has 0 amide bonds. The lowest BCUT2D eigenvalue weighted by atomic mass is 9.69. The molecule has 2 aliphatic carbocycles. The third-order valence-electron chi connectivity index (χ3n) is 14.5. The number of hydrogen-bond acceptors (Lipinski definition) is 2. The van der Waals surface area contributed by atoms with Gasteiger partial charge in [0.15, 0.2) is 0 Å². The first-order valence-electron chi connectivity index (χ1n) is 23.5. The molecule has 0 saturated heterocycles. The molecule has 14 rings (SSSR count). The van der Waals surface area contributed by atoms with Gasteiger partial charge in [-0.25, -0.2) is 0 Å². The Morgan fingerprint density at radius 3 is 1.56 bits per heavy atom. The lowest BCUT2D eigenvalue weighted by molar-refractivity contribution is 0.794. The highest BCUT2D eigenvalue weighted by atomic mass is 15.2. The van der Waals surface area contributed by atoms with Crippen LogP contribution in [-0.2, 0) is 5.41 Å². The molecule has 12 aromatic rings. The SMILES string of the molecule is c1ccc(N(c2ccccc2)c2cccc3c2-c2ccccc2C32c3ccccc3-c3cc4ccccc4c(N(c4ccccc4)c4ccc5c(c4)c4ccccc4n5-c4ccccc4)c32)cc1. The highest BCUT2D eigenvalue weighted by Crippen LogP contribution is 2.68. The second kappa shape index (κ2) is 15.1. The average molecular weight is 866 g/mol. The standard InChI is InChI=1S/C65H43N3/c1-5-23-45(24-6-1)66(46-25-7-2-8-26-46)61-39-21-37-58-62(61)53-34-16-19-36-57(53)65(58)56-35-18-15-32-51(56)55-42-44-22-13-14-31-50(44)64(63(55)65)67(47-27-9-3-10-28-47)49-40-41-60-54(43-49)52-33-17-20-38-59(52)68(60)48-29-11-4-12-30-48/h1-43H. The van der Waals surface area contributed by atoms with Gasteiger partial charge in [0.25, 0.3) is 0 Å². The van der Waals surface area contributed by atoms with Crippen LogP contribution < -0.4 is 9.80 Å². The van der Waals surface area contributed by atoms with Crippen LogP contribution in [0.4, 0.5) is 34.1 Å². The maximum absolute atomic E-state index is 2.56. The van der Waals surface area contributed by atoms with Crippen molar-refractivity contribution in [3.63, 3.8) is 0 Å². The van der Waals surface area contributed by atoms with Crippen molar-refractivity contribution in [1.29, 1.82) is 0 Å². The predicted molar refractivity (Wildman–Crippen MR) is 284 cm³/mol. The Morgan fingerprint density at radius 2 is 0.853 bits per heavy atom. The van der Waals surface area contributed by atoms with E-state index in [0.717, 1.165) is 34.1 Å². The fraction of sp³-hybridized carbons (Fsp3) is 0.0154. The molecule has 1 spiro atoms. The Labute approximate surface area is 395 Å². The number of anilines is 6. The molecule has 0 aliphatic heterocycles. The molecule has 318 valence electrons. The highest BCUT2D eigenvalue weighted by molar-refractivity contribution is 6.14. The topological polar surface area (TPSA) is 11.4 Å². The third-order valence-corrected chi connectivity index (χ3v) is 14.5. The van der Waals surface area contributed by atoms with Gasteiger partial charge in [-0.1, -0.05) is 176 Å². The van der Waals surface area contributed by atoms with E-state index in [-0.39, 0.29) is 0 Å². The Morgan fingerprint density at radius 1 is 0.324 bits per heavy atom. The van der Waals surface area contributed by atoms with Gasteiger partial charge in [0.2, 0.25) is 0 Å². The Hall–Kier alpha value is -8.92. The Kier molecular flexibility index (Phi) is 8.50. The molecule has 1 atom stereocenters. The van der Waals surface area contributed by atoms with Crippen molar-refractivity contribution in [2.75, 3.05) is 9.80 Å². The first-order valence-corrected chi connectivity index (χ1v) is 23.5. The number of hydrogen-bond donors (Lipinski definition) is 0. The quantitative estimate of drug-likeness (QED) is 0.158. The summed E-state index contributed by atoms with van der Waals surface area (Å²) in [6.07, 6.45) is 0. The molecule has 3 heteroatoms. The van der Waals surface area contributed by atoms with Crippen LogP contribution in [0, 0.1) is 0 Å². The molecule has 0 bridgehead atoms. The van der Waals surface area contributed by atoms with Crippen molar-refractivity contribution >= 4 is 66.7 Å². The zero-order valence-electron chi connectivity index (χ0n) is 37.2. The van der Waals surface area contributed by atoms with Crippen LogP contribution in [0.1, 0.15) is 22.3 Å². The van der Waals surface area contributed by atoms with Gasteiger partial charge in [-0.2, -0.15) is 0 Å². The number of aromatic nitrogens is 1. The Balaban J connectivity index is 1.12. The largest absolute Gasteiger partial charge is 0.310 e. The number of benzene rings is 11. The van der Waals surface area contributed by atoms with E-state index in [1.54, 1.807) is 0 Å². The minimum Gasteiger partial charge on any atom is -0.310 e. The van der Waals surface area contributed by atoms with Crippen LogP contribution >= 0.6 is 0 Å². The maximum Gasteiger partial charge on any atom is 0.0747 e. The fourth-order valence-electron chi connectivity index (χ4n) is 11.9. The van der Waals surface area contributed by atoms with Gasteiger partial charge in [0.05, 0.1) is 27.8 Å². The molecule has 0 radical (unpaired) electrons. The second-order valence-corrected chi connectivity index (χ2v) is 18.0. The van der Waals surface area contributed by atoms with E-state index in [1.165, 1.54) is 82.8 Å². The molecule has 0 saturated carbocycles. The van der Waals surface area contributed by atoms with Crippen LogP contribution in [0.25, 0.3) is 60.5 Å². The van der Waals surface area contributed by atoms with Crippen molar-refractivity contribution in [2.24, 2.45) is 0 Å². The molecule has 3 nitrogen and oxygen atoms in total. The zero-order valence-corrected chi connectivity index (χ0v) is 37.2. The second-order valence-electron chi connectivity index (χ2n) is 18.0. The smallest absolute Gasteiger partial charge is 0.0747 e. The van der Waals surface area contributed by atoms with Gasteiger partial charge in [-0.15, -0.1) is 0 Å². The number of nitrogens with zero attached hydrogens (tertiary/aromatic N) is 3. The monoisotopic (exact) mass is 865 g/mol. The molecular formula is C65H43N3. The summed E-state index contributed by atoms with van der Waals surface area (Å²) in [6, 6.07) is 96.2. The summed E-state index contributed by atoms with van der Waals surface area (Å²) in [5, 5.41) is 4.84. The van der Waals surface area contributed by atoms with Crippen molar-refractivity contribution < 1.29 is 0 Å². The molecule has 11 aromatic carbocycles. The van der Waals surface area contributed by atoms with Crippen LogP contribution in [0.2, 0.25) is 0 Å². The van der Waals surface area contributed by atoms with Gasteiger partial charge >= 0.3 is 0 Å². The van der Waals surface area contributed by atoms with Crippen molar-refractivity contribution in [1.82, 2.24) is 4.57 Å². The van der Waals surface area contributed by atoms with Crippen LogP contribution in [0.15, 0.2) is 261 Å². The average Bonchev–Trinajstić information content (AvgIpc) is 4.02. The van der Waals surface area contributed by atoms with E-state index >= 15 is 0 Å². The number of para-hydroxylation sites is 5. The van der Waals surface area contributed by atoms with Crippen molar-refractivity contribution in [3.8, 4) is 27.9 Å². The first-order chi connectivity index (χ1) is 33.8. The van der Waals surface area contributed by atoms with Crippen molar-refractivity contribution in [2.45, 2.75) is 5.41 Å². The predicted octanol–water partition coefficient (Wildman–Crippen LogP) is 17.2. The zero-order chi connectivity index (χ0) is 44.8. The molecule has 2 aliphatic rings. The van der Waals surface area contributed by atoms with E-state index in [2.05, 4.69) is 275 Å². The van der Waals surface area contributed by atoms with E-state index < -0.39 is 5.41 Å². The fourth-order valence-corrected chi connectivity index (χ4v) is 11.9. The highest BCUT2D eigenvalue weighted by Gasteiger charge is 2.54. The van der Waals surface area contributed by atoms with E-state index in [9.17, 15) is 0 Å². The lowest BCUT2D eigenvalue weighted by Gasteiger charge is -2.37. The third kappa shape index (κ3) is 5.41. The van der Waals surface area contributed by atoms with E-state index in [1.807, 2.05) is 0 Å². The van der Waals surface area contributed by atoms with E-state index in [0.29, 0.717) is 0 Å². The summed E-state index contributed by atoms with van der Waals surface area (Å²) in [5.41, 5.74) is 19.8. The summed E-state index contributed by atoms with van der Waals surface area (Å²) >= 11 is 0. The molecule has 1 unspecified atom stereocenters. The molecule has 0 N–H and O–H groups in total. The first kappa shape index (κ1) is 38.4. The summed E-state index contributed by atoms with van der Waals surface area (Å²) in [4.78, 5) is 5.00. The van der Waals surface area contributed by atoms with Gasteiger partial charge in [0, 0.05) is 55.7 Å². The normalized spacial score (nSPS) is 14.2. The number of fused-ring (bicyclic) bond motifs is 14.